The highest BCUT2D eigenvalue weighted by Crippen LogP contribution is 2.45. The van der Waals surface area contributed by atoms with E-state index in [1.165, 1.54) is 6.07 Å². The van der Waals surface area contributed by atoms with Gasteiger partial charge in [0, 0.05) is 28.9 Å². The summed E-state index contributed by atoms with van der Waals surface area (Å²) in [5.41, 5.74) is 13.1. The third-order valence-electron chi connectivity index (χ3n) is 3.69. The second-order valence-corrected chi connectivity index (χ2v) is 5.04. The molecule has 114 valence electrons. The molecule has 4 N–H and O–H groups in total. The number of para-hydroxylation sites is 1. The number of nitrogens with zero attached hydrogens (tertiary/aromatic N) is 2. The van der Waals surface area contributed by atoms with Crippen LogP contribution in [0.4, 0.5) is 11.4 Å². The minimum absolute atomic E-state index is 0.0752. The van der Waals surface area contributed by atoms with E-state index in [4.69, 9.17) is 16.2 Å². The summed E-state index contributed by atoms with van der Waals surface area (Å²) in [5, 5.41) is 20.8. The number of hydrogen-bond acceptors (Lipinski definition) is 6. The van der Waals surface area contributed by atoms with E-state index in [1.54, 1.807) is 36.4 Å². The molecule has 0 saturated carbocycles. The molecule has 2 aromatic carbocycles. The molecule has 0 unspecified atom stereocenters. The first-order valence-corrected chi connectivity index (χ1v) is 6.73. The van der Waals surface area contributed by atoms with Crippen LogP contribution in [0.15, 0.2) is 53.9 Å². The predicted molar refractivity (Wildman–Crippen MR) is 83.2 cm³/mol. The van der Waals surface area contributed by atoms with Crippen LogP contribution in [0.25, 0.3) is 0 Å². The topological polar surface area (TPSA) is 128 Å². The summed E-state index contributed by atoms with van der Waals surface area (Å²) in [6, 6.07) is 13.2. The fourth-order valence-corrected chi connectivity index (χ4v) is 2.69. The van der Waals surface area contributed by atoms with Crippen LogP contribution in [0.1, 0.15) is 17.0 Å². The summed E-state index contributed by atoms with van der Waals surface area (Å²) in [6.07, 6.45) is 0. The molecule has 3 rings (SSSR count). The SMILES string of the molecule is N#CC1=C(N)Oc2cc(N)ccc2[C@@H]1c1ccccc1[N+](=O)[O-]. The van der Waals surface area contributed by atoms with Crippen molar-refractivity contribution >= 4 is 11.4 Å². The lowest BCUT2D eigenvalue weighted by molar-refractivity contribution is -0.385. The number of hydrogen-bond donors (Lipinski definition) is 2. The second-order valence-electron chi connectivity index (χ2n) is 5.04. The molecule has 1 heterocycles. The summed E-state index contributed by atoms with van der Waals surface area (Å²) in [7, 11) is 0. The minimum atomic E-state index is -0.675. The van der Waals surface area contributed by atoms with Gasteiger partial charge in [0.2, 0.25) is 5.88 Å². The van der Waals surface area contributed by atoms with Gasteiger partial charge in [0.05, 0.1) is 10.8 Å². The minimum Gasteiger partial charge on any atom is -0.440 e. The maximum absolute atomic E-state index is 11.3. The molecule has 7 heteroatoms. The summed E-state index contributed by atoms with van der Waals surface area (Å²) in [5.74, 6) is -0.357. The molecule has 2 aromatic rings. The van der Waals surface area contributed by atoms with E-state index < -0.39 is 10.8 Å². The number of nitrogen functional groups attached to an aromatic ring is 1. The molecule has 1 atom stereocenters. The number of nitro benzene ring substituents is 1. The third-order valence-corrected chi connectivity index (χ3v) is 3.69. The van der Waals surface area contributed by atoms with E-state index in [2.05, 4.69) is 0 Å². The molecule has 1 aliphatic heterocycles. The normalized spacial score (nSPS) is 16.2. The van der Waals surface area contributed by atoms with Gasteiger partial charge >= 0.3 is 0 Å². The number of ether oxygens (including phenoxy) is 1. The summed E-state index contributed by atoms with van der Waals surface area (Å²) < 4.78 is 5.45. The largest absolute Gasteiger partial charge is 0.440 e. The van der Waals surface area contributed by atoms with E-state index >= 15 is 0 Å². The zero-order chi connectivity index (χ0) is 16.6. The van der Waals surface area contributed by atoms with Crippen molar-refractivity contribution in [2.24, 2.45) is 5.73 Å². The van der Waals surface area contributed by atoms with E-state index in [-0.39, 0.29) is 17.1 Å². The van der Waals surface area contributed by atoms with Gasteiger partial charge in [-0.25, -0.2) is 0 Å². The Kier molecular flexibility index (Phi) is 3.35. The molecular formula is C16H12N4O3. The summed E-state index contributed by atoms with van der Waals surface area (Å²) in [6.45, 7) is 0. The maximum atomic E-state index is 11.3. The van der Waals surface area contributed by atoms with E-state index in [9.17, 15) is 15.4 Å². The lowest BCUT2D eigenvalue weighted by Gasteiger charge is -2.26. The molecule has 7 nitrogen and oxygen atoms in total. The van der Waals surface area contributed by atoms with Crippen LogP contribution in [-0.2, 0) is 0 Å². The van der Waals surface area contributed by atoms with Gasteiger partial charge in [0.25, 0.3) is 5.69 Å². The highest BCUT2D eigenvalue weighted by atomic mass is 16.6. The highest BCUT2D eigenvalue weighted by Gasteiger charge is 2.34. The van der Waals surface area contributed by atoms with Crippen LogP contribution in [0.2, 0.25) is 0 Å². The molecule has 0 fully saturated rings. The van der Waals surface area contributed by atoms with Gasteiger partial charge in [-0.15, -0.1) is 0 Å². The van der Waals surface area contributed by atoms with Crippen LogP contribution in [-0.4, -0.2) is 4.92 Å². The first kappa shape index (κ1) is 14.4. The third kappa shape index (κ3) is 2.32. The Hall–Kier alpha value is -3.53. The second kappa shape index (κ2) is 5.35. The molecular weight excluding hydrogens is 296 g/mol. The Morgan fingerprint density at radius 1 is 1.17 bits per heavy atom. The standard InChI is InChI=1S/C16H12N4O3/c17-8-12-15(10-3-1-2-4-13(10)20(21)22)11-6-5-9(18)7-14(11)23-16(12)19/h1-7,15H,18-19H2/t15-/m0/s1. The quantitative estimate of drug-likeness (QED) is 0.498. The van der Waals surface area contributed by atoms with Crippen molar-refractivity contribution in [2.45, 2.75) is 5.92 Å². The smallest absolute Gasteiger partial charge is 0.273 e. The molecule has 23 heavy (non-hydrogen) atoms. The molecule has 0 amide bonds. The average molecular weight is 308 g/mol. The number of rotatable bonds is 2. The van der Waals surface area contributed by atoms with Crippen molar-refractivity contribution in [1.82, 2.24) is 0 Å². The Morgan fingerprint density at radius 2 is 1.91 bits per heavy atom. The molecule has 0 aromatic heterocycles. The molecule has 0 aliphatic carbocycles. The van der Waals surface area contributed by atoms with Crippen molar-refractivity contribution in [1.29, 1.82) is 5.26 Å². The van der Waals surface area contributed by atoms with Gasteiger partial charge in [0.15, 0.2) is 0 Å². The average Bonchev–Trinajstić information content (AvgIpc) is 2.53. The van der Waals surface area contributed by atoms with Gasteiger partial charge in [-0.3, -0.25) is 10.1 Å². The Balaban J connectivity index is 2.29. The van der Waals surface area contributed by atoms with Gasteiger partial charge in [-0.05, 0) is 6.07 Å². The fraction of sp³-hybridized carbons (Fsp3) is 0.0625. The number of nitro groups is 1. The van der Waals surface area contributed by atoms with Crippen LogP contribution < -0.4 is 16.2 Å². The van der Waals surface area contributed by atoms with Crippen molar-refractivity contribution in [2.75, 3.05) is 5.73 Å². The Morgan fingerprint density at radius 3 is 2.61 bits per heavy atom. The van der Waals surface area contributed by atoms with Gasteiger partial charge < -0.3 is 16.2 Å². The number of nitriles is 1. The van der Waals surface area contributed by atoms with E-state index in [0.29, 0.717) is 22.6 Å². The number of anilines is 1. The van der Waals surface area contributed by atoms with E-state index in [0.717, 1.165) is 0 Å². The van der Waals surface area contributed by atoms with Crippen LogP contribution in [0.3, 0.4) is 0 Å². The van der Waals surface area contributed by atoms with Gasteiger partial charge in [-0.1, -0.05) is 24.3 Å². The fourth-order valence-electron chi connectivity index (χ4n) is 2.69. The van der Waals surface area contributed by atoms with Gasteiger partial charge in [-0.2, -0.15) is 5.26 Å². The van der Waals surface area contributed by atoms with Crippen LogP contribution >= 0.6 is 0 Å². The van der Waals surface area contributed by atoms with Gasteiger partial charge in [0.1, 0.15) is 17.4 Å². The maximum Gasteiger partial charge on any atom is 0.273 e. The van der Waals surface area contributed by atoms with Crippen molar-refractivity contribution in [3.05, 3.63) is 75.2 Å². The number of allylic oxidation sites excluding steroid dienone is 1. The van der Waals surface area contributed by atoms with Crippen molar-refractivity contribution in [3.8, 4) is 11.8 Å². The Bertz CT molecular complexity index is 883. The predicted octanol–water partition coefficient (Wildman–Crippen LogP) is 2.40. The molecule has 1 aliphatic rings. The first-order valence-electron chi connectivity index (χ1n) is 6.73. The zero-order valence-corrected chi connectivity index (χ0v) is 11.9. The monoisotopic (exact) mass is 308 g/mol. The molecule has 0 saturated heterocycles. The summed E-state index contributed by atoms with van der Waals surface area (Å²) >= 11 is 0. The summed E-state index contributed by atoms with van der Waals surface area (Å²) in [4.78, 5) is 10.9. The molecule has 0 spiro atoms. The van der Waals surface area contributed by atoms with Crippen molar-refractivity contribution in [3.63, 3.8) is 0 Å². The molecule has 0 bridgehead atoms. The lowest BCUT2D eigenvalue weighted by Crippen LogP contribution is -2.21. The van der Waals surface area contributed by atoms with Crippen LogP contribution in [0.5, 0.6) is 5.75 Å². The Labute approximate surface area is 131 Å². The first-order chi connectivity index (χ1) is 11.0. The van der Waals surface area contributed by atoms with Crippen LogP contribution in [0, 0.1) is 21.4 Å². The number of benzene rings is 2. The van der Waals surface area contributed by atoms with Crippen molar-refractivity contribution < 1.29 is 9.66 Å². The number of nitrogens with two attached hydrogens (primary N) is 2. The van der Waals surface area contributed by atoms with E-state index in [1.807, 2.05) is 6.07 Å². The lowest BCUT2D eigenvalue weighted by atomic mass is 9.82. The molecule has 0 radical (unpaired) electrons. The highest BCUT2D eigenvalue weighted by molar-refractivity contribution is 5.62. The zero-order valence-electron chi connectivity index (χ0n) is 11.9. The number of fused-ring (bicyclic) bond motifs is 1.